The van der Waals surface area contributed by atoms with Crippen molar-refractivity contribution < 1.29 is 18.0 Å². The van der Waals surface area contributed by atoms with Crippen molar-refractivity contribution in [3.05, 3.63) is 193 Å². The van der Waals surface area contributed by atoms with E-state index in [9.17, 15) is 0 Å². The van der Waals surface area contributed by atoms with Crippen molar-refractivity contribution in [3.63, 3.8) is 0 Å². The predicted octanol–water partition coefficient (Wildman–Crippen LogP) is 15.2. The molecule has 1 aliphatic heterocycles. The molecule has 272 valence electrons. The van der Waals surface area contributed by atoms with Gasteiger partial charge in [0.1, 0.15) is 45.0 Å². The van der Waals surface area contributed by atoms with Crippen LogP contribution >= 0.6 is 0 Å². The molecule has 4 heteroatoms. The van der Waals surface area contributed by atoms with E-state index in [0.717, 1.165) is 100 Å². The average molecular weight is 745 g/mol. The molecule has 8 aromatic carbocycles. The normalized spacial score (nSPS) is 15.0. The fourth-order valence-electron chi connectivity index (χ4n) is 9.43. The van der Waals surface area contributed by atoms with Gasteiger partial charge in [0.15, 0.2) is 0 Å². The summed E-state index contributed by atoms with van der Waals surface area (Å²) in [6.07, 6.45) is 5.17. The van der Waals surface area contributed by atoms with E-state index in [0.29, 0.717) is 0 Å². The van der Waals surface area contributed by atoms with Gasteiger partial charge in [-0.25, -0.2) is 0 Å². The van der Waals surface area contributed by atoms with Crippen LogP contribution in [0, 0.1) is 0 Å². The lowest BCUT2D eigenvalue weighted by Crippen LogP contribution is -2.04. The lowest BCUT2D eigenvalue weighted by Gasteiger charge is -2.19. The SMILES string of the molecule is C1=C(c2cccc(-c3ccc4oc5ccc6c7cc(-c8ccccc8)ccc7oc6c5c4c3)c2)CC2C(=C1)Oc1ccc3c(oc4ccc(-c5ccccc5)cc43)c12. The highest BCUT2D eigenvalue weighted by Gasteiger charge is 2.36. The van der Waals surface area contributed by atoms with E-state index in [1.165, 1.54) is 33.4 Å². The number of hydrogen-bond acceptors (Lipinski definition) is 4. The van der Waals surface area contributed by atoms with Crippen molar-refractivity contribution in [1.82, 2.24) is 0 Å². The molecule has 2 aliphatic rings. The van der Waals surface area contributed by atoms with E-state index < -0.39 is 0 Å². The monoisotopic (exact) mass is 744 g/mol. The zero-order chi connectivity index (χ0) is 37.9. The fourth-order valence-corrected chi connectivity index (χ4v) is 9.43. The third-order valence-electron chi connectivity index (χ3n) is 12.3. The van der Waals surface area contributed by atoms with Crippen molar-refractivity contribution >= 4 is 71.4 Å². The Morgan fingerprint density at radius 2 is 0.931 bits per heavy atom. The molecular formula is C54H32O4. The predicted molar refractivity (Wildman–Crippen MR) is 235 cm³/mol. The van der Waals surface area contributed by atoms with E-state index in [1.807, 2.05) is 6.07 Å². The summed E-state index contributed by atoms with van der Waals surface area (Å²) in [5, 5.41) is 6.47. The van der Waals surface area contributed by atoms with Crippen LogP contribution in [-0.2, 0) is 0 Å². The largest absolute Gasteiger partial charge is 0.461 e. The van der Waals surface area contributed by atoms with E-state index in [1.54, 1.807) is 0 Å². The van der Waals surface area contributed by atoms with Crippen LogP contribution in [0.3, 0.4) is 0 Å². The van der Waals surface area contributed by atoms with E-state index in [4.69, 9.17) is 18.0 Å². The number of ether oxygens (including phenoxy) is 1. The quantitative estimate of drug-likeness (QED) is 0.180. The molecule has 3 aromatic heterocycles. The molecule has 0 saturated carbocycles. The first kappa shape index (κ1) is 31.6. The van der Waals surface area contributed by atoms with Crippen LogP contribution in [0.25, 0.3) is 105 Å². The molecule has 11 aromatic rings. The lowest BCUT2D eigenvalue weighted by molar-refractivity contribution is 0.426. The molecule has 0 radical (unpaired) electrons. The Labute approximate surface area is 332 Å². The van der Waals surface area contributed by atoms with Crippen molar-refractivity contribution in [2.45, 2.75) is 12.3 Å². The van der Waals surface area contributed by atoms with E-state index in [-0.39, 0.29) is 5.92 Å². The van der Waals surface area contributed by atoms with Crippen LogP contribution in [0.1, 0.15) is 23.5 Å². The highest BCUT2D eigenvalue weighted by molar-refractivity contribution is 6.22. The molecule has 4 heterocycles. The molecule has 0 amide bonds. The molecule has 58 heavy (non-hydrogen) atoms. The first-order valence-electron chi connectivity index (χ1n) is 19.8. The molecule has 0 bridgehead atoms. The van der Waals surface area contributed by atoms with Gasteiger partial charge < -0.3 is 18.0 Å². The van der Waals surface area contributed by atoms with Gasteiger partial charge in [-0.3, -0.25) is 0 Å². The summed E-state index contributed by atoms with van der Waals surface area (Å²) in [5.41, 5.74) is 15.8. The molecule has 0 fully saturated rings. The van der Waals surface area contributed by atoms with Crippen LogP contribution in [0.5, 0.6) is 5.75 Å². The first-order valence-corrected chi connectivity index (χ1v) is 19.8. The Kier molecular flexibility index (Phi) is 6.53. The maximum absolute atomic E-state index is 6.64. The third-order valence-corrected chi connectivity index (χ3v) is 12.3. The number of benzene rings is 8. The minimum absolute atomic E-state index is 0.0696. The molecule has 0 N–H and O–H groups in total. The summed E-state index contributed by atoms with van der Waals surface area (Å²) in [6.45, 7) is 0. The Morgan fingerprint density at radius 1 is 0.379 bits per heavy atom. The maximum Gasteiger partial charge on any atom is 0.147 e. The molecule has 4 nitrogen and oxygen atoms in total. The standard InChI is InChI=1S/C54H32O4/c1-3-8-31(9-4-1)35-14-20-45-41(27-35)39-18-24-49-51(53(39)57-45)43-29-37(16-22-47(43)55-49)33-12-7-13-34(26-33)38-17-23-48-44(30-38)52-50(56-48)25-19-40-42-28-36(32-10-5-2-6-11-32)15-21-46(42)58-54(40)52/h1-29,44H,30H2. The summed E-state index contributed by atoms with van der Waals surface area (Å²) >= 11 is 0. The summed E-state index contributed by atoms with van der Waals surface area (Å²) in [5.74, 6) is 1.92. The van der Waals surface area contributed by atoms with Gasteiger partial charge >= 0.3 is 0 Å². The fraction of sp³-hybridized carbons (Fsp3) is 0.0370. The van der Waals surface area contributed by atoms with Gasteiger partial charge in [-0.1, -0.05) is 103 Å². The lowest BCUT2D eigenvalue weighted by atomic mass is 9.84. The van der Waals surface area contributed by atoms with Gasteiger partial charge in [0.05, 0.1) is 11.3 Å². The topological polar surface area (TPSA) is 48.7 Å². The average Bonchev–Trinajstić information content (AvgIpc) is 4.05. The molecule has 1 atom stereocenters. The van der Waals surface area contributed by atoms with Crippen molar-refractivity contribution in [2.75, 3.05) is 0 Å². The van der Waals surface area contributed by atoms with Crippen LogP contribution in [0.2, 0.25) is 0 Å². The smallest absolute Gasteiger partial charge is 0.147 e. The Morgan fingerprint density at radius 3 is 1.66 bits per heavy atom. The number of fused-ring (bicyclic) bond motifs is 14. The minimum atomic E-state index is 0.0696. The number of furan rings is 3. The van der Waals surface area contributed by atoms with Gasteiger partial charge in [-0.05, 0) is 124 Å². The van der Waals surface area contributed by atoms with Gasteiger partial charge in [-0.2, -0.15) is 0 Å². The van der Waals surface area contributed by atoms with Crippen molar-refractivity contribution in [2.24, 2.45) is 0 Å². The second-order valence-electron chi connectivity index (χ2n) is 15.5. The molecule has 1 aliphatic carbocycles. The van der Waals surface area contributed by atoms with E-state index in [2.05, 4.69) is 170 Å². The Hall–Kier alpha value is -7.56. The second kappa shape index (κ2) is 12.0. The van der Waals surface area contributed by atoms with Gasteiger partial charge in [0.25, 0.3) is 0 Å². The van der Waals surface area contributed by atoms with Crippen molar-refractivity contribution in [3.8, 4) is 39.1 Å². The van der Waals surface area contributed by atoms with Crippen molar-refractivity contribution in [1.29, 1.82) is 0 Å². The van der Waals surface area contributed by atoms with Gasteiger partial charge in [-0.15, -0.1) is 0 Å². The van der Waals surface area contributed by atoms with Crippen LogP contribution in [0.15, 0.2) is 195 Å². The molecule has 13 rings (SSSR count). The summed E-state index contributed by atoms with van der Waals surface area (Å²) < 4.78 is 26.1. The number of rotatable bonds is 4. The zero-order valence-corrected chi connectivity index (χ0v) is 31.2. The zero-order valence-electron chi connectivity index (χ0n) is 31.2. The molecule has 0 spiro atoms. The Bertz CT molecular complexity index is 3560. The summed E-state index contributed by atoms with van der Waals surface area (Å²) in [6, 6.07) is 57.7. The third kappa shape index (κ3) is 4.69. The first-order chi connectivity index (χ1) is 28.7. The Balaban J connectivity index is 0.861. The van der Waals surface area contributed by atoms with Crippen LogP contribution in [-0.4, -0.2) is 0 Å². The second-order valence-corrected chi connectivity index (χ2v) is 15.5. The highest BCUT2D eigenvalue weighted by Crippen LogP contribution is 2.52. The van der Waals surface area contributed by atoms with Crippen LogP contribution < -0.4 is 4.74 Å². The van der Waals surface area contributed by atoms with Crippen LogP contribution in [0.4, 0.5) is 0 Å². The minimum Gasteiger partial charge on any atom is -0.461 e. The maximum atomic E-state index is 6.64. The number of allylic oxidation sites excluding steroid dienone is 4. The molecule has 0 saturated heterocycles. The summed E-state index contributed by atoms with van der Waals surface area (Å²) in [7, 11) is 0. The van der Waals surface area contributed by atoms with E-state index >= 15 is 0 Å². The molecular weight excluding hydrogens is 713 g/mol. The van der Waals surface area contributed by atoms with Gasteiger partial charge in [0.2, 0.25) is 0 Å². The molecule has 1 unspecified atom stereocenters. The number of hydrogen-bond donors (Lipinski definition) is 0. The summed E-state index contributed by atoms with van der Waals surface area (Å²) in [4.78, 5) is 0. The van der Waals surface area contributed by atoms with Gasteiger partial charge in [0, 0.05) is 32.5 Å². The highest BCUT2D eigenvalue weighted by atomic mass is 16.5.